The summed E-state index contributed by atoms with van der Waals surface area (Å²) in [6, 6.07) is 3.67. The van der Waals surface area contributed by atoms with Gasteiger partial charge in [0.15, 0.2) is 10.9 Å². The van der Waals surface area contributed by atoms with Crippen molar-refractivity contribution in [3.8, 4) is 0 Å². The molecule has 116 valence electrons. The van der Waals surface area contributed by atoms with Crippen molar-refractivity contribution in [2.45, 2.75) is 13.8 Å². The van der Waals surface area contributed by atoms with Crippen LogP contribution in [0.4, 0.5) is 10.9 Å². The minimum Gasteiger partial charge on any atom is -0.349 e. The minimum atomic E-state index is -0.140. The highest BCUT2D eigenvalue weighted by molar-refractivity contribution is 7.29. The molecular weight excluding hydrogens is 318 g/mol. The monoisotopic (exact) mass is 335 g/mol. The van der Waals surface area contributed by atoms with Gasteiger partial charge in [-0.2, -0.15) is 5.10 Å². The summed E-state index contributed by atoms with van der Waals surface area (Å²) in [5.41, 5.74) is 0. The summed E-state index contributed by atoms with van der Waals surface area (Å²) < 4.78 is 2.71. The van der Waals surface area contributed by atoms with E-state index in [1.54, 1.807) is 28.3 Å². The molecule has 0 bridgehead atoms. The Bertz CT molecular complexity index is 768. The molecule has 6 nitrogen and oxygen atoms in total. The molecule has 0 spiro atoms. The molecule has 3 heterocycles. The lowest BCUT2D eigenvalue weighted by molar-refractivity contribution is 0.103. The van der Waals surface area contributed by atoms with Crippen molar-refractivity contribution in [2.75, 3.05) is 23.3 Å². The van der Waals surface area contributed by atoms with Gasteiger partial charge < -0.3 is 10.2 Å². The zero-order valence-corrected chi connectivity index (χ0v) is 14.3. The summed E-state index contributed by atoms with van der Waals surface area (Å²) in [6.07, 6.45) is 1.79. The number of anilines is 2. The SMILES string of the molecule is CCN(CC)c1nc2sc(C(=O)Nc3ccn(C)n3)cc2s1. The summed E-state index contributed by atoms with van der Waals surface area (Å²) >= 11 is 3.05. The Morgan fingerprint density at radius 2 is 2.14 bits per heavy atom. The van der Waals surface area contributed by atoms with Crippen LogP contribution >= 0.6 is 22.7 Å². The van der Waals surface area contributed by atoms with E-state index in [9.17, 15) is 4.79 Å². The molecule has 22 heavy (non-hydrogen) atoms. The van der Waals surface area contributed by atoms with Gasteiger partial charge >= 0.3 is 0 Å². The summed E-state index contributed by atoms with van der Waals surface area (Å²) in [7, 11) is 1.81. The zero-order valence-electron chi connectivity index (χ0n) is 12.7. The summed E-state index contributed by atoms with van der Waals surface area (Å²) in [4.78, 5) is 20.7. The van der Waals surface area contributed by atoms with Gasteiger partial charge in [0.25, 0.3) is 5.91 Å². The molecule has 0 aliphatic carbocycles. The number of nitrogens with one attached hydrogen (secondary N) is 1. The first kappa shape index (κ1) is 15.0. The number of nitrogens with zero attached hydrogens (tertiary/aromatic N) is 4. The fraction of sp³-hybridized carbons (Fsp3) is 0.357. The molecule has 0 fully saturated rings. The molecule has 0 radical (unpaired) electrons. The van der Waals surface area contributed by atoms with Gasteiger partial charge in [0, 0.05) is 32.4 Å². The molecule has 0 aromatic carbocycles. The Hall–Kier alpha value is -1.93. The third-order valence-electron chi connectivity index (χ3n) is 3.29. The van der Waals surface area contributed by atoms with Gasteiger partial charge in [-0.3, -0.25) is 9.48 Å². The van der Waals surface area contributed by atoms with E-state index in [-0.39, 0.29) is 5.91 Å². The second kappa shape index (κ2) is 6.05. The Balaban J connectivity index is 1.80. The molecule has 1 amide bonds. The van der Waals surface area contributed by atoms with Crippen molar-refractivity contribution in [3.05, 3.63) is 23.2 Å². The lowest BCUT2D eigenvalue weighted by atomic mass is 10.4. The molecule has 0 atom stereocenters. The largest absolute Gasteiger partial charge is 0.349 e. The Kier molecular flexibility index (Phi) is 4.12. The number of aryl methyl sites for hydroxylation is 1. The van der Waals surface area contributed by atoms with E-state index < -0.39 is 0 Å². The quantitative estimate of drug-likeness (QED) is 0.778. The first-order valence-electron chi connectivity index (χ1n) is 7.07. The van der Waals surface area contributed by atoms with E-state index in [2.05, 4.69) is 34.1 Å². The smallest absolute Gasteiger partial charge is 0.267 e. The number of aromatic nitrogens is 3. The second-order valence-electron chi connectivity index (χ2n) is 4.78. The van der Waals surface area contributed by atoms with Crippen molar-refractivity contribution >= 4 is 49.1 Å². The maximum Gasteiger partial charge on any atom is 0.267 e. The lowest BCUT2D eigenvalue weighted by Crippen LogP contribution is -2.21. The fourth-order valence-electron chi connectivity index (χ4n) is 2.12. The van der Waals surface area contributed by atoms with Gasteiger partial charge in [-0.05, 0) is 19.9 Å². The van der Waals surface area contributed by atoms with Crippen molar-refractivity contribution in [2.24, 2.45) is 7.05 Å². The number of thiophene rings is 1. The molecule has 8 heteroatoms. The average Bonchev–Trinajstić information content (AvgIpc) is 3.15. The number of hydrogen-bond acceptors (Lipinski definition) is 6. The van der Waals surface area contributed by atoms with Crippen LogP contribution in [0.1, 0.15) is 23.5 Å². The van der Waals surface area contributed by atoms with Gasteiger partial charge in [0.2, 0.25) is 0 Å². The molecular formula is C14H17N5OS2. The van der Waals surface area contributed by atoms with Gasteiger partial charge in [0.05, 0.1) is 9.58 Å². The molecule has 3 rings (SSSR count). The van der Waals surface area contributed by atoms with E-state index in [0.717, 1.165) is 27.8 Å². The minimum absolute atomic E-state index is 0.140. The number of rotatable bonds is 5. The van der Waals surface area contributed by atoms with E-state index in [1.165, 1.54) is 11.3 Å². The topological polar surface area (TPSA) is 63.1 Å². The number of carbonyl (C=O) groups is 1. The van der Waals surface area contributed by atoms with Crippen LogP contribution in [0.5, 0.6) is 0 Å². The maximum atomic E-state index is 12.2. The molecule has 3 aromatic rings. The van der Waals surface area contributed by atoms with Crippen molar-refractivity contribution in [1.29, 1.82) is 0 Å². The molecule has 3 aromatic heterocycles. The van der Waals surface area contributed by atoms with Crippen molar-refractivity contribution in [3.63, 3.8) is 0 Å². The van der Waals surface area contributed by atoms with E-state index >= 15 is 0 Å². The first-order valence-corrected chi connectivity index (χ1v) is 8.70. The normalized spacial score (nSPS) is 11.0. The standard InChI is InChI=1S/C14H17N5OS2/c1-4-19(5-2)14-16-13-10(22-14)8-9(21-13)12(20)15-11-6-7-18(3)17-11/h6-8H,4-5H2,1-3H3,(H,15,17,20). The average molecular weight is 335 g/mol. The van der Waals surface area contributed by atoms with Crippen LogP contribution in [0.3, 0.4) is 0 Å². The van der Waals surface area contributed by atoms with Gasteiger partial charge in [-0.25, -0.2) is 4.98 Å². The Labute approximate surface area is 136 Å². The first-order chi connectivity index (χ1) is 10.6. The summed E-state index contributed by atoms with van der Waals surface area (Å²) in [6.45, 7) is 6.10. The van der Waals surface area contributed by atoms with Crippen LogP contribution in [0.25, 0.3) is 9.53 Å². The van der Waals surface area contributed by atoms with Gasteiger partial charge in [-0.15, -0.1) is 11.3 Å². The highest BCUT2D eigenvalue weighted by Crippen LogP contribution is 2.34. The Morgan fingerprint density at radius 3 is 2.73 bits per heavy atom. The highest BCUT2D eigenvalue weighted by atomic mass is 32.1. The lowest BCUT2D eigenvalue weighted by Gasteiger charge is -2.16. The predicted molar refractivity (Wildman–Crippen MR) is 92.2 cm³/mol. The van der Waals surface area contributed by atoms with E-state index in [4.69, 9.17) is 0 Å². The molecule has 0 saturated carbocycles. The summed E-state index contributed by atoms with van der Waals surface area (Å²) in [5.74, 6) is 0.416. The molecule has 0 aliphatic rings. The number of hydrogen-bond donors (Lipinski definition) is 1. The third kappa shape index (κ3) is 2.84. The molecule has 0 aliphatic heterocycles. The maximum absolute atomic E-state index is 12.2. The molecule has 0 saturated heterocycles. The van der Waals surface area contributed by atoms with Gasteiger partial charge in [-0.1, -0.05) is 11.3 Å². The molecule has 1 N–H and O–H groups in total. The Morgan fingerprint density at radius 1 is 1.36 bits per heavy atom. The zero-order chi connectivity index (χ0) is 15.7. The van der Waals surface area contributed by atoms with Crippen LogP contribution < -0.4 is 10.2 Å². The van der Waals surface area contributed by atoms with Crippen LogP contribution in [0.2, 0.25) is 0 Å². The van der Waals surface area contributed by atoms with E-state index in [0.29, 0.717) is 10.7 Å². The van der Waals surface area contributed by atoms with Gasteiger partial charge in [0.1, 0.15) is 4.83 Å². The van der Waals surface area contributed by atoms with Crippen LogP contribution in [-0.2, 0) is 7.05 Å². The fourth-order valence-corrected chi connectivity index (χ4v) is 4.36. The molecule has 0 unspecified atom stereocenters. The van der Waals surface area contributed by atoms with Crippen molar-refractivity contribution in [1.82, 2.24) is 14.8 Å². The number of carbonyl (C=O) groups excluding carboxylic acids is 1. The van der Waals surface area contributed by atoms with Crippen LogP contribution in [0.15, 0.2) is 18.3 Å². The number of fused-ring (bicyclic) bond motifs is 1. The summed E-state index contributed by atoms with van der Waals surface area (Å²) in [5, 5.41) is 7.96. The second-order valence-corrected chi connectivity index (χ2v) is 6.82. The highest BCUT2D eigenvalue weighted by Gasteiger charge is 2.16. The van der Waals surface area contributed by atoms with Crippen LogP contribution in [-0.4, -0.2) is 33.8 Å². The predicted octanol–water partition coefficient (Wildman–Crippen LogP) is 3.19. The number of thiazole rings is 1. The van der Waals surface area contributed by atoms with E-state index in [1.807, 2.05) is 13.1 Å². The third-order valence-corrected chi connectivity index (χ3v) is 5.51. The number of amides is 1. The van der Waals surface area contributed by atoms with Crippen molar-refractivity contribution < 1.29 is 4.79 Å². The van der Waals surface area contributed by atoms with Crippen LogP contribution in [0, 0.1) is 0 Å².